The van der Waals surface area contributed by atoms with Crippen LogP contribution in [0.4, 0.5) is 0 Å². The fraction of sp³-hybridized carbons (Fsp3) is 0.526. The summed E-state index contributed by atoms with van der Waals surface area (Å²) in [5, 5.41) is 4.39. The SMILES string of the molecule is CCCC(=O)NCC1CCCc2c1c1cc(OC)ccc1n2C. The number of hydrogen-bond acceptors (Lipinski definition) is 2. The van der Waals surface area contributed by atoms with Crippen LogP contribution in [0.5, 0.6) is 5.75 Å². The van der Waals surface area contributed by atoms with Gasteiger partial charge in [-0.05, 0) is 49.4 Å². The van der Waals surface area contributed by atoms with Crippen LogP contribution in [0, 0.1) is 0 Å². The van der Waals surface area contributed by atoms with Crippen molar-refractivity contribution in [2.24, 2.45) is 7.05 Å². The Hall–Kier alpha value is -1.97. The second-order valence-corrected chi connectivity index (χ2v) is 6.45. The van der Waals surface area contributed by atoms with Crippen LogP contribution >= 0.6 is 0 Å². The maximum absolute atomic E-state index is 11.8. The number of aryl methyl sites for hydroxylation is 1. The van der Waals surface area contributed by atoms with Crippen LogP contribution < -0.4 is 10.1 Å². The van der Waals surface area contributed by atoms with Gasteiger partial charge in [0.05, 0.1) is 7.11 Å². The van der Waals surface area contributed by atoms with E-state index in [0.717, 1.165) is 31.6 Å². The molecule has 1 N–H and O–H groups in total. The van der Waals surface area contributed by atoms with E-state index in [9.17, 15) is 4.79 Å². The Morgan fingerprint density at radius 1 is 1.43 bits per heavy atom. The van der Waals surface area contributed by atoms with Crippen molar-refractivity contribution in [1.29, 1.82) is 0 Å². The van der Waals surface area contributed by atoms with E-state index in [-0.39, 0.29) is 5.91 Å². The molecule has 0 saturated carbocycles. The number of methoxy groups -OCH3 is 1. The van der Waals surface area contributed by atoms with E-state index >= 15 is 0 Å². The van der Waals surface area contributed by atoms with Crippen molar-refractivity contribution >= 4 is 16.8 Å². The summed E-state index contributed by atoms with van der Waals surface area (Å²) in [6.07, 6.45) is 4.94. The average Bonchev–Trinajstić information content (AvgIpc) is 2.86. The molecule has 0 radical (unpaired) electrons. The maximum atomic E-state index is 11.8. The number of benzene rings is 1. The predicted molar refractivity (Wildman–Crippen MR) is 93.1 cm³/mol. The number of carbonyl (C=O) groups is 1. The zero-order chi connectivity index (χ0) is 16.4. The summed E-state index contributed by atoms with van der Waals surface area (Å²) in [7, 11) is 3.85. The molecule has 1 aliphatic carbocycles. The van der Waals surface area contributed by atoms with Gasteiger partial charge in [0.25, 0.3) is 0 Å². The van der Waals surface area contributed by atoms with Gasteiger partial charge in [0.1, 0.15) is 5.75 Å². The number of carbonyl (C=O) groups excluding carboxylic acids is 1. The Balaban J connectivity index is 1.96. The standard InChI is InChI=1S/C19H26N2O2/c1-4-6-18(22)20-12-13-7-5-8-17-19(13)15-11-14(23-3)9-10-16(15)21(17)2/h9-11,13H,4-8,12H2,1-3H3,(H,20,22). The zero-order valence-electron chi connectivity index (χ0n) is 14.3. The predicted octanol–water partition coefficient (Wildman–Crippen LogP) is 3.52. The molecular formula is C19H26N2O2. The molecular weight excluding hydrogens is 288 g/mol. The van der Waals surface area contributed by atoms with Gasteiger partial charge in [-0.15, -0.1) is 0 Å². The van der Waals surface area contributed by atoms with Gasteiger partial charge >= 0.3 is 0 Å². The van der Waals surface area contributed by atoms with E-state index in [2.05, 4.69) is 29.1 Å². The molecule has 0 bridgehead atoms. The van der Waals surface area contributed by atoms with Gasteiger partial charge in [-0.3, -0.25) is 4.79 Å². The summed E-state index contributed by atoms with van der Waals surface area (Å²) >= 11 is 0. The van der Waals surface area contributed by atoms with Crippen molar-refractivity contribution in [1.82, 2.24) is 9.88 Å². The number of nitrogens with zero attached hydrogens (tertiary/aromatic N) is 1. The molecule has 4 nitrogen and oxygen atoms in total. The molecule has 124 valence electrons. The summed E-state index contributed by atoms with van der Waals surface area (Å²) in [6, 6.07) is 6.30. The third-order valence-corrected chi connectivity index (χ3v) is 4.97. The quantitative estimate of drug-likeness (QED) is 0.917. The Morgan fingerprint density at radius 2 is 2.26 bits per heavy atom. The van der Waals surface area contributed by atoms with Gasteiger partial charge in [-0.1, -0.05) is 6.92 Å². The van der Waals surface area contributed by atoms with Crippen molar-refractivity contribution in [3.8, 4) is 5.75 Å². The molecule has 1 unspecified atom stereocenters. The number of hydrogen-bond donors (Lipinski definition) is 1. The number of aromatic nitrogens is 1. The normalized spacial score (nSPS) is 17.1. The number of ether oxygens (including phenoxy) is 1. The summed E-state index contributed by atoms with van der Waals surface area (Å²) in [4.78, 5) is 11.8. The van der Waals surface area contributed by atoms with E-state index in [1.807, 2.05) is 13.0 Å². The van der Waals surface area contributed by atoms with Crippen LogP contribution in [0.3, 0.4) is 0 Å². The lowest BCUT2D eigenvalue weighted by atomic mass is 9.85. The van der Waals surface area contributed by atoms with Gasteiger partial charge in [-0.25, -0.2) is 0 Å². The first kappa shape index (κ1) is 15.9. The first-order valence-corrected chi connectivity index (χ1v) is 8.57. The lowest BCUT2D eigenvalue weighted by Gasteiger charge is -2.24. The summed E-state index contributed by atoms with van der Waals surface area (Å²) in [5.74, 6) is 1.46. The van der Waals surface area contributed by atoms with E-state index in [4.69, 9.17) is 4.74 Å². The second kappa shape index (κ2) is 6.65. The number of rotatable bonds is 5. The van der Waals surface area contributed by atoms with E-state index < -0.39 is 0 Å². The highest BCUT2D eigenvalue weighted by Gasteiger charge is 2.26. The Bertz CT molecular complexity index is 718. The van der Waals surface area contributed by atoms with Gasteiger partial charge in [0, 0.05) is 42.5 Å². The third kappa shape index (κ3) is 2.94. The zero-order valence-corrected chi connectivity index (χ0v) is 14.3. The van der Waals surface area contributed by atoms with Crippen LogP contribution in [0.15, 0.2) is 18.2 Å². The van der Waals surface area contributed by atoms with Crippen molar-refractivity contribution < 1.29 is 9.53 Å². The molecule has 0 fully saturated rings. The molecule has 23 heavy (non-hydrogen) atoms. The van der Waals surface area contributed by atoms with Crippen molar-refractivity contribution in [3.63, 3.8) is 0 Å². The summed E-state index contributed by atoms with van der Waals surface area (Å²) < 4.78 is 7.72. The monoisotopic (exact) mass is 314 g/mol. The Morgan fingerprint density at radius 3 is 3.00 bits per heavy atom. The van der Waals surface area contributed by atoms with Crippen LogP contribution in [0.2, 0.25) is 0 Å². The molecule has 1 aromatic heterocycles. The second-order valence-electron chi connectivity index (χ2n) is 6.45. The van der Waals surface area contributed by atoms with Crippen LogP contribution in [-0.4, -0.2) is 24.1 Å². The fourth-order valence-electron chi connectivity index (χ4n) is 3.81. The Labute approximate surface area is 137 Å². The topological polar surface area (TPSA) is 43.3 Å². The van der Waals surface area contributed by atoms with Gasteiger partial charge in [-0.2, -0.15) is 0 Å². The molecule has 1 atom stereocenters. The third-order valence-electron chi connectivity index (χ3n) is 4.97. The summed E-state index contributed by atoms with van der Waals surface area (Å²) in [6.45, 7) is 2.78. The molecule has 2 aromatic rings. The molecule has 1 heterocycles. The lowest BCUT2D eigenvalue weighted by molar-refractivity contribution is -0.121. The van der Waals surface area contributed by atoms with Gasteiger partial charge in [0.15, 0.2) is 0 Å². The van der Waals surface area contributed by atoms with Crippen molar-refractivity contribution in [3.05, 3.63) is 29.5 Å². The highest BCUT2D eigenvalue weighted by molar-refractivity contribution is 5.88. The minimum atomic E-state index is 0.164. The van der Waals surface area contributed by atoms with Crippen molar-refractivity contribution in [2.45, 2.75) is 44.9 Å². The molecule has 0 spiro atoms. The van der Waals surface area contributed by atoms with E-state index in [1.54, 1.807) is 7.11 Å². The minimum absolute atomic E-state index is 0.164. The smallest absolute Gasteiger partial charge is 0.220 e. The average molecular weight is 314 g/mol. The van der Waals surface area contributed by atoms with E-state index in [0.29, 0.717) is 12.3 Å². The number of fused-ring (bicyclic) bond motifs is 3. The van der Waals surface area contributed by atoms with Gasteiger partial charge in [0.2, 0.25) is 5.91 Å². The Kier molecular flexibility index (Phi) is 4.60. The number of amides is 1. The van der Waals surface area contributed by atoms with Crippen LogP contribution in [-0.2, 0) is 18.3 Å². The lowest BCUT2D eigenvalue weighted by Crippen LogP contribution is -2.29. The summed E-state index contributed by atoms with van der Waals surface area (Å²) in [5.41, 5.74) is 4.07. The van der Waals surface area contributed by atoms with Crippen LogP contribution in [0.25, 0.3) is 10.9 Å². The molecule has 0 aliphatic heterocycles. The maximum Gasteiger partial charge on any atom is 0.220 e. The van der Waals surface area contributed by atoms with E-state index in [1.165, 1.54) is 28.6 Å². The van der Waals surface area contributed by atoms with Gasteiger partial charge < -0.3 is 14.6 Å². The van der Waals surface area contributed by atoms with Crippen LogP contribution in [0.1, 0.15) is 49.8 Å². The first-order chi connectivity index (χ1) is 11.2. The molecule has 1 aromatic carbocycles. The largest absolute Gasteiger partial charge is 0.497 e. The molecule has 1 aliphatic rings. The molecule has 3 rings (SSSR count). The highest BCUT2D eigenvalue weighted by atomic mass is 16.5. The van der Waals surface area contributed by atoms with Crippen molar-refractivity contribution in [2.75, 3.05) is 13.7 Å². The molecule has 4 heteroatoms. The fourth-order valence-corrected chi connectivity index (χ4v) is 3.81. The minimum Gasteiger partial charge on any atom is -0.497 e. The molecule has 0 saturated heterocycles. The molecule has 1 amide bonds. The number of nitrogens with one attached hydrogen (secondary N) is 1. The first-order valence-electron chi connectivity index (χ1n) is 8.57. The highest BCUT2D eigenvalue weighted by Crippen LogP contribution is 2.39.